The van der Waals surface area contributed by atoms with E-state index in [-0.39, 0.29) is 18.1 Å². The Kier molecular flexibility index (Phi) is 5.07. The van der Waals surface area contributed by atoms with Gasteiger partial charge in [-0.25, -0.2) is 0 Å². The van der Waals surface area contributed by atoms with Crippen LogP contribution in [0.3, 0.4) is 0 Å². The molecule has 2 unspecified atom stereocenters. The van der Waals surface area contributed by atoms with E-state index in [0.717, 1.165) is 6.42 Å². The standard InChI is InChI=1S/C16H24N2O3/c1-4-14-10-21-11(3)9-18(14)16(19)12-6-13(17)8-15(7-12)20-5-2/h6-8,11,14H,4-5,9-10,17H2,1-3H3. The van der Waals surface area contributed by atoms with Crippen LogP contribution in [0.1, 0.15) is 37.6 Å². The number of morpholine rings is 1. The van der Waals surface area contributed by atoms with E-state index in [4.69, 9.17) is 15.2 Å². The molecule has 0 aromatic heterocycles. The van der Waals surface area contributed by atoms with Crippen molar-refractivity contribution in [3.8, 4) is 5.75 Å². The number of ether oxygens (including phenoxy) is 2. The molecule has 0 radical (unpaired) electrons. The summed E-state index contributed by atoms with van der Waals surface area (Å²) >= 11 is 0. The van der Waals surface area contributed by atoms with Gasteiger partial charge in [-0.3, -0.25) is 4.79 Å². The Hall–Kier alpha value is -1.75. The summed E-state index contributed by atoms with van der Waals surface area (Å²) in [5, 5.41) is 0. The van der Waals surface area contributed by atoms with E-state index in [9.17, 15) is 4.79 Å². The first-order chi connectivity index (χ1) is 10.0. The lowest BCUT2D eigenvalue weighted by Crippen LogP contribution is -2.51. The lowest BCUT2D eigenvalue weighted by molar-refractivity contribution is -0.0444. The van der Waals surface area contributed by atoms with Gasteiger partial charge in [0.1, 0.15) is 5.75 Å². The van der Waals surface area contributed by atoms with Crippen molar-refractivity contribution in [1.29, 1.82) is 0 Å². The van der Waals surface area contributed by atoms with Crippen molar-refractivity contribution in [3.05, 3.63) is 23.8 Å². The summed E-state index contributed by atoms with van der Waals surface area (Å²) in [4.78, 5) is 14.7. The van der Waals surface area contributed by atoms with Gasteiger partial charge in [0.25, 0.3) is 5.91 Å². The van der Waals surface area contributed by atoms with Crippen LogP contribution >= 0.6 is 0 Å². The van der Waals surface area contributed by atoms with Gasteiger partial charge < -0.3 is 20.1 Å². The predicted molar refractivity (Wildman–Crippen MR) is 82.6 cm³/mol. The van der Waals surface area contributed by atoms with Crippen molar-refractivity contribution in [3.63, 3.8) is 0 Å². The van der Waals surface area contributed by atoms with Crippen LogP contribution in [0.25, 0.3) is 0 Å². The molecular weight excluding hydrogens is 268 g/mol. The SMILES string of the molecule is CCOc1cc(N)cc(C(=O)N2CC(C)OCC2CC)c1. The normalized spacial score (nSPS) is 22.1. The van der Waals surface area contributed by atoms with Gasteiger partial charge >= 0.3 is 0 Å². The van der Waals surface area contributed by atoms with Crippen LogP contribution in [0.4, 0.5) is 5.69 Å². The molecular formula is C16H24N2O3. The molecule has 1 heterocycles. The molecule has 1 aromatic carbocycles. The Morgan fingerprint density at radius 2 is 2.19 bits per heavy atom. The molecule has 1 aromatic rings. The predicted octanol–water partition coefficient (Wildman–Crippen LogP) is 2.31. The minimum Gasteiger partial charge on any atom is -0.494 e. The van der Waals surface area contributed by atoms with Crippen LogP contribution in [0.5, 0.6) is 5.75 Å². The molecule has 0 aliphatic carbocycles. The highest BCUT2D eigenvalue weighted by molar-refractivity contribution is 5.96. The number of anilines is 1. The third kappa shape index (κ3) is 3.67. The highest BCUT2D eigenvalue weighted by Crippen LogP contribution is 2.23. The first-order valence-corrected chi connectivity index (χ1v) is 7.51. The third-order valence-electron chi connectivity index (χ3n) is 3.69. The summed E-state index contributed by atoms with van der Waals surface area (Å²) in [6.45, 7) is 7.69. The number of benzene rings is 1. The number of amides is 1. The molecule has 1 fully saturated rings. The fraction of sp³-hybridized carbons (Fsp3) is 0.562. The van der Waals surface area contributed by atoms with Crippen molar-refractivity contribution in [2.75, 3.05) is 25.5 Å². The van der Waals surface area contributed by atoms with E-state index in [1.54, 1.807) is 18.2 Å². The second-order valence-corrected chi connectivity index (χ2v) is 5.39. The zero-order valence-corrected chi connectivity index (χ0v) is 13.0. The van der Waals surface area contributed by atoms with Gasteiger partial charge in [-0.05, 0) is 32.4 Å². The summed E-state index contributed by atoms with van der Waals surface area (Å²) in [6, 6.07) is 5.32. The van der Waals surface area contributed by atoms with Crippen molar-refractivity contribution in [2.24, 2.45) is 0 Å². The summed E-state index contributed by atoms with van der Waals surface area (Å²) < 4.78 is 11.1. The molecule has 0 spiro atoms. The molecule has 5 nitrogen and oxygen atoms in total. The Morgan fingerprint density at radius 1 is 1.43 bits per heavy atom. The first kappa shape index (κ1) is 15.6. The van der Waals surface area contributed by atoms with Crippen molar-refractivity contribution in [1.82, 2.24) is 4.90 Å². The number of carbonyl (C=O) groups is 1. The highest BCUT2D eigenvalue weighted by Gasteiger charge is 2.30. The largest absolute Gasteiger partial charge is 0.494 e. The maximum atomic E-state index is 12.8. The van der Waals surface area contributed by atoms with Gasteiger partial charge in [0.05, 0.1) is 25.4 Å². The molecule has 1 amide bonds. The van der Waals surface area contributed by atoms with Crippen LogP contribution in [-0.4, -0.2) is 42.7 Å². The van der Waals surface area contributed by atoms with Gasteiger partial charge in [0.2, 0.25) is 0 Å². The fourth-order valence-electron chi connectivity index (χ4n) is 2.59. The smallest absolute Gasteiger partial charge is 0.254 e. The van der Waals surface area contributed by atoms with Crippen LogP contribution in [0.15, 0.2) is 18.2 Å². The number of nitrogens with two attached hydrogens (primary N) is 1. The number of carbonyl (C=O) groups excluding carboxylic acids is 1. The average molecular weight is 292 g/mol. The number of nitrogen functional groups attached to an aromatic ring is 1. The van der Waals surface area contributed by atoms with Crippen molar-refractivity contribution < 1.29 is 14.3 Å². The maximum absolute atomic E-state index is 12.8. The van der Waals surface area contributed by atoms with E-state index in [1.807, 2.05) is 18.7 Å². The first-order valence-electron chi connectivity index (χ1n) is 7.51. The maximum Gasteiger partial charge on any atom is 0.254 e. The minimum atomic E-state index is -0.00902. The molecule has 2 atom stereocenters. The Balaban J connectivity index is 2.25. The monoisotopic (exact) mass is 292 g/mol. The van der Waals surface area contributed by atoms with E-state index in [1.165, 1.54) is 0 Å². The van der Waals surface area contributed by atoms with Crippen LogP contribution in [0.2, 0.25) is 0 Å². The highest BCUT2D eigenvalue weighted by atomic mass is 16.5. The molecule has 0 saturated carbocycles. The van der Waals surface area contributed by atoms with E-state index in [2.05, 4.69) is 6.92 Å². The zero-order valence-electron chi connectivity index (χ0n) is 13.0. The third-order valence-corrected chi connectivity index (χ3v) is 3.69. The molecule has 1 saturated heterocycles. The van der Waals surface area contributed by atoms with E-state index < -0.39 is 0 Å². The second-order valence-electron chi connectivity index (χ2n) is 5.39. The van der Waals surface area contributed by atoms with Crippen LogP contribution in [-0.2, 0) is 4.74 Å². The van der Waals surface area contributed by atoms with Gasteiger partial charge in [-0.1, -0.05) is 6.92 Å². The Morgan fingerprint density at radius 3 is 2.86 bits per heavy atom. The van der Waals surface area contributed by atoms with E-state index in [0.29, 0.717) is 36.8 Å². The quantitative estimate of drug-likeness (QED) is 0.865. The Bertz CT molecular complexity index is 504. The molecule has 116 valence electrons. The summed E-state index contributed by atoms with van der Waals surface area (Å²) in [6.07, 6.45) is 0.934. The minimum absolute atomic E-state index is 0.00902. The molecule has 2 N–H and O–H groups in total. The lowest BCUT2D eigenvalue weighted by Gasteiger charge is -2.38. The molecule has 1 aliphatic heterocycles. The zero-order chi connectivity index (χ0) is 15.4. The molecule has 0 bridgehead atoms. The van der Waals surface area contributed by atoms with Gasteiger partial charge in [-0.2, -0.15) is 0 Å². The average Bonchev–Trinajstić information content (AvgIpc) is 2.46. The number of nitrogens with zero attached hydrogens (tertiary/aromatic N) is 1. The summed E-state index contributed by atoms with van der Waals surface area (Å²) in [5.74, 6) is 0.625. The molecule has 21 heavy (non-hydrogen) atoms. The van der Waals surface area contributed by atoms with Crippen LogP contribution in [0, 0.1) is 0 Å². The van der Waals surface area contributed by atoms with Gasteiger partial charge in [-0.15, -0.1) is 0 Å². The number of hydrogen-bond donors (Lipinski definition) is 1. The number of rotatable bonds is 4. The molecule has 5 heteroatoms. The Labute approximate surface area is 126 Å². The fourth-order valence-corrected chi connectivity index (χ4v) is 2.59. The van der Waals surface area contributed by atoms with Crippen molar-refractivity contribution in [2.45, 2.75) is 39.3 Å². The van der Waals surface area contributed by atoms with Gasteiger partial charge in [0, 0.05) is 23.9 Å². The van der Waals surface area contributed by atoms with E-state index >= 15 is 0 Å². The number of hydrogen-bond acceptors (Lipinski definition) is 4. The second kappa shape index (κ2) is 6.80. The van der Waals surface area contributed by atoms with Crippen molar-refractivity contribution >= 4 is 11.6 Å². The molecule has 1 aliphatic rings. The summed E-state index contributed by atoms with van der Waals surface area (Å²) in [7, 11) is 0. The topological polar surface area (TPSA) is 64.8 Å². The van der Waals surface area contributed by atoms with Gasteiger partial charge in [0.15, 0.2) is 0 Å². The summed E-state index contributed by atoms with van der Waals surface area (Å²) in [5.41, 5.74) is 6.99. The lowest BCUT2D eigenvalue weighted by atomic mass is 10.1. The van der Waals surface area contributed by atoms with Crippen LogP contribution < -0.4 is 10.5 Å². The molecule has 2 rings (SSSR count).